The third-order valence-electron chi connectivity index (χ3n) is 4.35. The highest BCUT2D eigenvalue weighted by molar-refractivity contribution is 5.58. The van der Waals surface area contributed by atoms with E-state index in [2.05, 4.69) is 56.2 Å². The molecule has 118 valence electrons. The molecule has 1 N–H and O–H groups in total. The van der Waals surface area contributed by atoms with Gasteiger partial charge in [-0.3, -0.25) is 0 Å². The molecule has 1 aliphatic rings. The van der Waals surface area contributed by atoms with E-state index in [1.54, 1.807) is 0 Å². The summed E-state index contributed by atoms with van der Waals surface area (Å²) in [6.45, 7) is 9.75. The molecule has 21 heavy (non-hydrogen) atoms. The summed E-state index contributed by atoms with van der Waals surface area (Å²) in [4.78, 5) is 2.44. The average molecular weight is 290 g/mol. The zero-order chi connectivity index (χ0) is 15.2. The second kappa shape index (κ2) is 7.69. The van der Waals surface area contributed by atoms with E-state index in [0.717, 1.165) is 24.5 Å². The van der Waals surface area contributed by atoms with Gasteiger partial charge in [0.25, 0.3) is 0 Å². The Hall–Kier alpha value is -1.22. The topological polar surface area (TPSA) is 24.5 Å². The van der Waals surface area contributed by atoms with E-state index in [-0.39, 0.29) is 0 Å². The molecule has 3 heteroatoms. The van der Waals surface area contributed by atoms with Crippen molar-refractivity contribution < 1.29 is 4.74 Å². The molecule has 2 atom stereocenters. The normalized spacial score (nSPS) is 21.0. The van der Waals surface area contributed by atoms with Crippen molar-refractivity contribution in [2.24, 2.45) is 5.92 Å². The first-order chi connectivity index (χ1) is 10.1. The van der Waals surface area contributed by atoms with Gasteiger partial charge in [0.2, 0.25) is 0 Å². The predicted octanol–water partition coefficient (Wildman–Crippen LogP) is 3.93. The van der Waals surface area contributed by atoms with E-state index in [0.29, 0.717) is 12.0 Å². The summed E-state index contributed by atoms with van der Waals surface area (Å²) in [7, 11) is 2.22. The highest BCUT2D eigenvalue weighted by Crippen LogP contribution is 2.29. The quantitative estimate of drug-likeness (QED) is 0.859. The summed E-state index contributed by atoms with van der Waals surface area (Å²) < 4.78 is 5.90. The molecule has 1 aliphatic heterocycles. The summed E-state index contributed by atoms with van der Waals surface area (Å²) in [5, 5.41) is 3.69. The first-order valence-corrected chi connectivity index (χ1v) is 8.28. The van der Waals surface area contributed by atoms with Gasteiger partial charge in [-0.2, -0.15) is 0 Å². The molecule has 0 amide bonds. The van der Waals surface area contributed by atoms with E-state index in [1.807, 2.05) is 0 Å². The maximum Gasteiger partial charge on any atom is 0.142 e. The van der Waals surface area contributed by atoms with Gasteiger partial charge in [-0.25, -0.2) is 0 Å². The maximum atomic E-state index is 5.90. The smallest absolute Gasteiger partial charge is 0.142 e. The number of nitrogens with one attached hydrogen (secondary N) is 1. The highest BCUT2D eigenvalue weighted by atomic mass is 16.5. The van der Waals surface area contributed by atoms with Gasteiger partial charge in [-0.1, -0.05) is 13.0 Å². The van der Waals surface area contributed by atoms with Gasteiger partial charge in [0.1, 0.15) is 5.75 Å². The maximum absolute atomic E-state index is 5.90. The Bertz CT molecular complexity index is 447. The first-order valence-electron chi connectivity index (χ1n) is 8.28. The molecule has 1 saturated heterocycles. The van der Waals surface area contributed by atoms with Gasteiger partial charge < -0.3 is 15.0 Å². The molecule has 0 spiro atoms. The monoisotopic (exact) mass is 290 g/mol. The van der Waals surface area contributed by atoms with E-state index in [1.165, 1.54) is 31.5 Å². The molecule has 3 nitrogen and oxygen atoms in total. The van der Waals surface area contributed by atoms with Gasteiger partial charge in [0, 0.05) is 12.6 Å². The Morgan fingerprint density at radius 3 is 2.95 bits per heavy atom. The van der Waals surface area contributed by atoms with Crippen LogP contribution in [-0.4, -0.2) is 37.7 Å². The SMILES string of the molecule is CCCOc1cc(C)ccc1NC(C)C1CCCN(C)C1. The van der Waals surface area contributed by atoms with E-state index < -0.39 is 0 Å². The van der Waals surface area contributed by atoms with Crippen LogP contribution in [-0.2, 0) is 0 Å². The number of aryl methyl sites for hydroxylation is 1. The fraction of sp³-hybridized carbons (Fsp3) is 0.667. The van der Waals surface area contributed by atoms with Crippen LogP contribution >= 0.6 is 0 Å². The van der Waals surface area contributed by atoms with Crippen LogP contribution in [0.2, 0.25) is 0 Å². The largest absolute Gasteiger partial charge is 0.491 e. The van der Waals surface area contributed by atoms with Crippen molar-refractivity contribution in [1.82, 2.24) is 4.90 Å². The molecule has 0 aliphatic carbocycles. The van der Waals surface area contributed by atoms with Crippen LogP contribution in [0.25, 0.3) is 0 Å². The summed E-state index contributed by atoms with van der Waals surface area (Å²) in [6.07, 6.45) is 3.66. The number of ether oxygens (including phenoxy) is 1. The number of likely N-dealkylation sites (tertiary alicyclic amines) is 1. The molecular formula is C18H30N2O. The van der Waals surface area contributed by atoms with Crippen LogP contribution in [0.5, 0.6) is 5.75 Å². The molecule has 1 aromatic carbocycles. The number of hydrogen-bond acceptors (Lipinski definition) is 3. The Labute approximate surface area is 129 Å². The lowest BCUT2D eigenvalue weighted by Gasteiger charge is -2.34. The zero-order valence-corrected chi connectivity index (χ0v) is 14.0. The molecule has 0 bridgehead atoms. The summed E-state index contributed by atoms with van der Waals surface area (Å²) in [6, 6.07) is 6.92. The number of anilines is 1. The van der Waals surface area contributed by atoms with Crippen LogP contribution in [0.3, 0.4) is 0 Å². The number of piperidine rings is 1. The Morgan fingerprint density at radius 1 is 1.43 bits per heavy atom. The number of nitrogens with zero attached hydrogens (tertiary/aromatic N) is 1. The lowest BCUT2D eigenvalue weighted by molar-refractivity contribution is 0.197. The third-order valence-corrected chi connectivity index (χ3v) is 4.35. The summed E-state index contributed by atoms with van der Waals surface area (Å²) >= 11 is 0. The molecule has 0 radical (unpaired) electrons. The van der Waals surface area contributed by atoms with E-state index in [9.17, 15) is 0 Å². The number of benzene rings is 1. The van der Waals surface area contributed by atoms with Crippen LogP contribution in [0.1, 0.15) is 38.7 Å². The van der Waals surface area contributed by atoms with Gasteiger partial charge in [-0.15, -0.1) is 0 Å². The third kappa shape index (κ3) is 4.63. The highest BCUT2D eigenvalue weighted by Gasteiger charge is 2.23. The van der Waals surface area contributed by atoms with Crippen molar-refractivity contribution in [2.45, 2.75) is 46.1 Å². The molecule has 1 heterocycles. The van der Waals surface area contributed by atoms with Crippen molar-refractivity contribution in [1.29, 1.82) is 0 Å². The Kier molecular flexibility index (Phi) is 5.92. The lowest BCUT2D eigenvalue weighted by atomic mass is 9.91. The minimum atomic E-state index is 0.472. The summed E-state index contributed by atoms with van der Waals surface area (Å²) in [5.41, 5.74) is 2.38. The fourth-order valence-corrected chi connectivity index (χ4v) is 3.06. The second-order valence-electron chi connectivity index (χ2n) is 6.45. The molecule has 1 aromatic rings. The van der Waals surface area contributed by atoms with E-state index in [4.69, 9.17) is 4.74 Å². The summed E-state index contributed by atoms with van der Waals surface area (Å²) in [5.74, 6) is 1.71. The van der Waals surface area contributed by atoms with Crippen molar-refractivity contribution in [2.75, 3.05) is 32.1 Å². The second-order valence-corrected chi connectivity index (χ2v) is 6.45. The van der Waals surface area contributed by atoms with Gasteiger partial charge in [-0.05, 0) is 70.3 Å². The zero-order valence-electron chi connectivity index (χ0n) is 14.0. The van der Waals surface area contributed by atoms with Crippen LogP contribution < -0.4 is 10.1 Å². The van der Waals surface area contributed by atoms with Crippen molar-refractivity contribution in [3.63, 3.8) is 0 Å². The lowest BCUT2D eigenvalue weighted by Crippen LogP contribution is -2.39. The first kappa shape index (κ1) is 16.2. The molecular weight excluding hydrogens is 260 g/mol. The minimum Gasteiger partial charge on any atom is -0.491 e. The van der Waals surface area contributed by atoms with Gasteiger partial charge >= 0.3 is 0 Å². The van der Waals surface area contributed by atoms with Crippen molar-refractivity contribution in [3.05, 3.63) is 23.8 Å². The van der Waals surface area contributed by atoms with E-state index >= 15 is 0 Å². The standard InChI is InChI=1S/C18H30N2O/c1-5-11-21-18-12-14(2)8-9-17(18)19-15(3)16-7-6-10-20(4)13-16/h8-9,12,15-16,19H,5-7,10-11,13H2,1-4H3. The minimum absolute atomic E-state index is 0.472. The molecule has 0 saturated carbocycles. The molecule has 0 aromatic heterocycles. The number of hydrogen-bond donors (Lipinski definition) is 1. The van der Waals surface area contributed by atoms with Crippen molar-refractivity contribution >= 4 is 5.69 Å². The van der Waals surface area contributed by atoms with Gasteiger partial charge in [0.05, 0.1) is 12.3 Å². The average Bonchev–Trinajstić information content (AvgIpc) is 2.47. The molecule has 2 rings (SSSR count). The van der Waals surface area contributed by atoms with Crippen LogP contribution in [0.15, 0.2) is 18.2 Å². The van der Waals surface area contributed by atoms with Gasteiger partial charge in [0.15, 0.2) is 0 Å². The molecule has 1 fully saturated rings. The Balaban J connectivity index is 2.03. The van der Waals surface area contributed by atoms with Crippen molar-refractivity contribution in [3.8, 4) is 5.75 Å². The molecule has 2 unspecified atom stereocenters. The Morgan fingerprint density at radius 2 is 2.24 bits per heavy atom. The fourth-order valence-electron chi connectivity index (χ4n) is 3.06. The van der Waals surface area contributed by atoms with Crippen LogP contribution in [0.4, 0.5) is 5.69 Å². The predicted molar refractivity (Wildman–Crippen MR) is 90.3 cm³/mol. The van der Waals surface area contributed by atoms with Crippen LogP contribution in [0, 0.1) is 12.8 Å². The number of rotatable bonds is 6.